The second-order valence-corrected chi connectivity index (χ2v) is 9.17. The third kappa shape index (κ3) is 3.51. The first-order valence-electron chi connectivity index (χ1n) is 11.5. The zero-order chi connectivity index (χ0) is 22.5. The van der Waals surface area contributed by atoms with Crippen molar-refractivity contribution >= 4 is 23.2 Å². The normalized spacial score (nSPS) is 21.2. The number of aromatic nitrogens is 2. The summed E-state index contributed by atoms with van der Waals surface area (Å²) in [6.45, 7) is 3.66. The summed E-state index contributed by atoms with van der Waals surface area (Å²) in [7, 11) is 0. The number of pyridine rings is 1. The molecule has 2 saturated heterocycles. The van der Waals surface area contributed by atoms with Crippen LogP contribution < -0.4 is 5.32 Å². The molecule has 0 saturated carbocycles. The van der Waals surface area contributed by atoms with Crippen LogP contribution in [0.3, 0.4) is 0 Å². The molecule has 3 aliphatic heterocycles. The van der Waals surface area contributed by atoms with Gasteiger partial charge in [0.2, 0.25) is 11.8 Å². The van der Waals surface area contributed by atoms with E-state index in [4.69, 9.17) is 0 Å². The van der Waals surface area contributed by atoms with E-state index < -0.39 is 11.9 Å². The molecular formula is C25H25N5O3. The molecule has 2 fully saturated rings. The number of imidazole rings is 1. The second-order valence-electron chi connectivity index (χ2n) is 9.17. The minimum absolute atomic E-state index is 0.162. The summed E-state index contributed by atoms with van der Waals surface area (Å²) in [6.07, 6.45) is 7.12. The SMILES string of the molecule is O=C1CCC(N2Cc3cc(-c4ncc5cc(CN6CCCC6)ccn45)ccc3C2=O)C(=O)N1. The lowest BCUT2D eigenvalue weighted by atomic mass is 10.0. The molecule has 8 heteroatoms. The van der Waals surface area contributed by atoms with Crippen molar-refractivity contribution in [2.24, 2.45) is 0 Å². The zero-order valence-electron chi connectivity index (χ0n) is 18.3. The fourth-order valence-electron chi connectivity index (χ4n) is 5.27. The molecule has 3 aliphatic rings. The van der Waals surface area contributed by atoms with E-state index in [1.807, 2.05) is 24.4 Å². The third-order valence-corrected chi connectivity index (χ3v) is 6.98. The number of carbonyl (C=O) groups excluding carboxylic acids is 3. The van der Waals surface area contributed by atoms with Gasteiger partial charge in [0.15, 0.2) is 0 Å². The van der Waals surface area contributed by atoms with Crippen molar-refractivity contribution in [3.05, 3.63) is 59.4 Å². The van der Waals surface area contributed by atoms with Gasteiger partial charge in [-0.1, -0.05) is 6.07 Å². The summed E-state index contributed by atoms with van der Waals surface area (Å²) in [6, 6.07) is 9.47. The molecular weight excluding hydrogens is 418 g/mol. The number of likely N-dealkylation sites (tertiary alicyclic amines) is 1. The van der Waals surface area contributed by atoms with Crippen LogP contribution in [0.2, 0.25) is 0 Å². The van der Waals surface area contributed by atoms with Gasteiger partial charge in [-0.2, -0.15) is 0 Å². The minimum Gasteiger partial charge on any atom is -0.322 e. The molecule has 0 bridgehead atoms. The number of rotatable bonds is 4. The van der Waals surface area contributed by atoms with Crippen LogP contribution in [-0.4, -0.2) is 56.0 Å². The highest BCUT2D eigenvalue weighted by molar-refractivity contribution is 6.05. The lowest BCUT2D eigenvalue weighted by Gasteiger charge is -2.29. The predicted octanol–water partition coefficient (Wildman–Crippen LogP) is 2.36. The lowest BCUT2D eigenvalue weighted by molar-refractivity contribution is -0.136. The summed E-state index contributed by atoms with van der Waals surface area (Å²) in [5, 5.41) is 2.35. The Morgan fingerprint density at radius 3 is 2.73 bits per heavy atom. The van der Waals surface area contributed by atoms with E-state index in [0.29, 0.717) is 18.5 Å². The van der Waals surface area contributed by atoms with Crippen molar-refractivity contribution in [3.63, 3.8) is 0 Å². The maximum Gasteiger partial charge on any atom is 0.255 e. The van der Waals surface area contributed by atoms with Crippen LogP contribution in [0.1, 0.15) is 47.2 Å². The molecule has 6 rings (SSSR count). The van der Waals surface area contributed by atoms with Crippen LogP contribution in [-0.2, 0) is 22.7 Å². The molecule has 1 unspecified atom stereocenters. The number of carbonyl (C=O) groups is 3. The topological polar surface area (TPSA) is 87.0 Å². The highest BCUT2D eigenvalue weighted by Gasteiger charge is 2.39. The highest BCUT2D eigenvalue weighted by atomic mass is 16.2. The van der Waals surface area contributed by atoms with Gasteiger partial charge in [-0.3, -0.25) is 29.0 Å². The van der Waals surface area contributed by atoms with Gasteiger partial charge in [-0.15, -0.1) is 0 Å². The van der Waals surface area contributed by atoms with Crippen molar-refractivity contribution < 1.29 is 14.4 Å². The molecule has 0 spiro atoms. The number of piperidine rings is 1. The largest absolute Gasteiger partial charge is 0.322 e. The van der Waals surface area contributed by atoms with Crippen molar-refractivity contribution in [2.75, 3.05) is 13.1 Å². The van der Waals surface area contributed by atoms with Gasteiger partial charge in [0.1, 0.15) is 11.9 Å². The van der Waals surface area contributed by atoms with Crippen molar-refractivity contribution in [1.82, 2.24) is 24.5 Å². The Morgan fingerprint density at radius 1 is 1.06 bits per heavy atom. The van der Waals surface area contributed by atoms with Gasteiger partial charge in [-0.25, -0.2) is 4.98 Å². The van der Waals surface area contributed by atoms with Crippen molar-refractivity contribution in [1.29, 1.82) is 0 Å². The number of benzene rings is 1. The molecule has 0 radical (unpaired) electrons. The fourth-order valence-corrected chi connectivity index (χ4v) is 5.27. The third-order valence-electron chi connectivity index (χ3n) is 6.98. The van der Waals surface area contributed by atoms with Gasteiger partial charge >= 0.3 is 0 Å². The Bertz CT molecular complexity index is 1290. The Kier molecular flexibility index (Phi) is 4.76. The van der Waals surface area contributed by atoms with Gasteiger partial charge in [0, 0.05) is 36.8 Å². The molecule has 2 aromatic heterocycles. The first-order valence-corrected chi connectivity index (χ1v) is 11.5. The van der Waals surface area contributed by atoms with Crippen LogP contribution in [0.4, 0.5) is 0 Å². The van der Waals surface area contributed by atoms with Crippen molar-refractivity contribution in [3.8, 4) is 11.4 Å². The van der Waals surface area contributed by atoms with E-state index in [1.165, 1.54) is 31.5 Å². The zero-order valence-corrected chi connectivity index (χ0v) is 18.3. The average molecular weight is 444 g/mol. The standard InChI is InChI=1S/C25H25N5O3/c31-22-6-5-21(24(32)27-22)30-15-18-12-17(3-4-20(18)25(30)33)23-26-13-19-11-16(7-10-29(19)23)14-28-8-1-2-9-28/h3-4,7,10-13,21H,1-2,5-6,8-9,14-15H2,(H,27,31,32). The van der Waals surface area contributed by atoms with Crippen molar-refractivity contribution in [2.45, 2.75) is 44.8 Å². The molecule has 8 nitrogen and oxygen atoms in total. The quantitative estimate of drug-likeness (QED) is 0.626. The van der Waals surface area contributed by atoms with Crippen LogP contribution in [0.25, 0.3) is 16.9 Å². The summed E-state index contributed by atoms with van der Waals surface area (Å²) in [5.41, 5.74) is 4.75. The van der Waals surface area contributed by atoms with Crippen LogP contribution in [0.5, 0.6) is 0 Å². The molecule has 0 aliphatic carbocycles. The Hall–Kier alpha value is -3.52. The first-order chi connectivity index (χ1) is 16.1. The van der Waals surface area contributed by atoms with E-state index in [0.717, 1.165) is 29.0 Å². The molecule has 1 N–H and O–H groups in total. The smallest absolute Gasteiger partial charge is 0.255 e. The monoisotopic (exact) mass is 443 g/mol. The summed E-state index contributed by atoms with van der Waals surface area (Å²) in [4.78, 5) is 45.4. The minimum atomic E-state index is -0.604. The molecule has 33 heavy (non-hydrogen) atoms. The number of imide groups is 1. The maximum atomic E-state index is 12.9. The molecule has 1 atom stereocenters. The number of hydrogen-bond donors (Lipinski definition) is 1. The van der Waals surface area contributed by atoms with Crippen LogP contribution >= 0.6 is 0 Å². The molecule has 1 aromatic carbocycles. The van der Waals surface area contributed by atoms with E-state index in [1.54, 1.807) is 4.90 Å². The number of nitrogens with one attached hydrogen (secondary N) is 1. The number of hydrogen-bond acceptors (Lipinski definition) is 5. The summed E-state index contributed by atoms with van der Waals surface area (Å²) >= 11 is 0. The summed E-state index contributed by atoms with van der Waals surface area (Å²) in [5.74, 6) is -0.00732. The summed E-state index contributed by atoms with van der Waals surface area (Å²) < 4.78 is 2.07. The highest BCUT2D eigenvalue weighted by Crippen LogP contribution is 2.31. The Balaban J connectivity index is 1.26. The Labute approximate surface area is 191 Å². The second kappa shape index (κ2) is 7.81. The van der Waals surface area contributed by atoms with E-state index >= 15 is 0 Å². The van der Waals surface area contributed by atoms with Gasteiger partial charge < -0.3 is 4.90 Å². The van der Waals surface area contributed by atoms with E-state index in [9.17, 15) is 14.4 Å². The van der Waals surface area contributed by atoms with Crippen LogP contribution in [0.15, 0.2) is 42.7 Å². The first kappa shape index (κ1) is 20.1. The predicted molar refractivity (Wildman–Crippen MR) is 121 cm³/mol. The van der Waals surface area contributed by atoms with Gasteiger partial charge in [0.25, 0.3) is 5.91 Å². The number of nitrogens with zero attached hydrogens (tertiary/aromatic N) is 4. The van der Waals surface area contributed by atoms with Gasteiger partial charge in [-0.05, 0) is 67.7 Å². The van der Waals surface area contributed by atoms with E-state index in [2.05, 4.69) is 37.9 Å². The lowest BCUT2D eigenvalue weighted by Crippen LogP contribution is -2.52. The number of amides is 3. The molecule has 5 heterocycles. The van der Waals surface area contributed by atoms with Gasteiger partial charge in [0.05, 0.1) is 11.7 Å². The number of fused-ring (bicyclic) bond motifs is 2. The molecule has 168 valence electrons. The van der Waals surface area contributed by atoms with Crippen LogP contribution in [0, 0.1) is 0 Å². The molecule has 3 amide bonds. The fraction of sp³-hybridized carbons (Fsp3) is 0.360. The average Bonchev–Trinajstić information content (AvgIpc) is 3.53. The maximum absolute atomic E-state index is 12.9. The Morgan fingerprint density at radius 2 is 1.91 bits per heavy atom. The van der Waals surface area contributed by atoms with E-state index in [-0.39, 0.29) is 18.2 Å². The molecule has 3 aromatic rings.